The molecule has 0 bridgehead atoms. The van der Waals surface area contributed by atoms with Crippen LogP contribution in [0.3, 0.4) is 0 Å². The smallest absolute Gasteiger partial charge is 0.241 e. The van der Waals surface area contributed by atoms with E-state index in [1.54, 1.807) is 43.3 Å². The van der Waals surface area contributed by atoms with Gasteiger partial charge in [0.25, 0.3) is 0 Å². The number of hydrogen-bond donors (Lipinski definition) is 2. The number of sulfonamides is 1. The largest absolute Gasteiger partial charge is 0.369 e. The van der Waals surface area contributed by atoms with Crippen molar-refractivity contribution >= 4 is 15.9 Å². The van der Waals surface area contributed by atoms with Crippen LogP contribution in [0.15, 0.2) is 59.5 Å². The molecule has 2 aromatic carbocycles. The van der Waals surface area contributed by atoms with E-state index in [1.807, 2.05) is 13.0 Å². The van der Waals surface area contributed by atoms with Gasteiger partial charge in [0.2, 0.25) is 15.9 Å². The van der Waals surface area contributed by atoms with Crippen molar-refractivity contribution in [3.8, 4) is 0 Å². The summed E-state index contributed by atoms with van der Waals surface area (Å²) in [5.41, 5.74) is 7.03. The molecule has 0 heterocycles. The molecule has 0 unspecified atom stereocenters. The van der Waals surface area contributed by atoms with Crippen molar-refractivity contribution in [3.05, 3.63) is 65.7 Å². The second-order valence-corrected chi connectivity index (χ2v) is 7.23. The minimum absolute atomic E-state index is 0.153. The van der Waals surface area contributed by atoms with E-state index in [4.69, 9.17) is 5.73 Å². The molecule has 0 aromatic heterocycles. The molecule has 1 amide bonds. The van der Waals surface area contributed by atoms with Gasteiger partial charge in [-0.25, -0.2) is 13.1 Å². The zero-order valence-corrected chi connectivity index (χ0v) is 13.9. The Bertz CT molecular complexity index is 771. The minimum Gasteiger partial charge on any atom is -0.369 e. The first-order valence-corrected chi connectivity index (χ1v) is 8.73. The molecule has 5 nitrogen and oxygen atoms in total. The van der Waals surface area contributed by atoms with Gasteiger partial charge in [0.15, 0.2) is 0 Å². The van der Waals surface area contributed by atoms with Gasteiger partial charge in [-0.05, 0) is 24.6 Å². The normalized spacial score (nSPS) is 14.2. The van der Waals surface area contributed by atoms with Crippen LogP contribution in [0.1, 0.15) is 24.1 Å². The fourth-order valence-corrected chi connectivity index (χ4v) is 3.54. The van der Waals surface area contributed by atoms with Crippen LogP contribution in [0.2, 0.25) is 0 Å². The Balaban J connectivity index is 2.37. The number of carbonyl (C=O) groups is 1. The predicted octanol–water partition coefficient (Wildman–Crippen LogP) is 2.14. The lowest BCUT2D eigenvalue weighted by Crippen LogP contribution is -2.38. The van der Waals surface area contributed by atoms with E-state index in [2.05, 4.69) is 4.72 Å². The maximum atomic E-state index is 12.6. The Morgan fingerprint density at radius 1 is 1.04 bits per heavy atom. The zero-order valence-electron chi connectivity index (χ0n) is 13.1. The van der Waals surface area contributed by atoms with E-state index in [1.165, 1.54) is 12.1 Å². The molecule has 0 aliphatic heterocycles. The average Bonchev–Trinajstić information content (AvgIpc) is 2.53. The van der Waals surface area contributed by atoms with Gasteiger partial charge in [0.1, 0.15) is 0 Å². The van der Waals surface area contributed by atoms with E-state index in [9.17, 15) is 13.2 Å². The van der Waals surface area contributed by atoms with E-state index < -0.39 is 27.9 Å². The highest BCUT2D eigenvalue weighted by Gasteiger charge is 2.28. The van der Waals surface area contributed by atoms with E-state index in [-0.39, 0.29) is 4.90 Å². The lowest BCUT2D eigenvalue weighted by atomic mass is 9.95. The summed E-state index contributed by atoms with van der Waals surface area (Å²) in [7, 11) is -3.76. The maximum Gasteiger partial charge on any atom is 0.241 e. The minimum atomic E-state index is -3.76. The van der Waals surface area contributed by atoms with Crippen molar-refractivity contribution in [2.75, 3.05) is 0 Å². The number of benzene rings is 2. The third-order valence-corrected chi connectivity index (χ3v) is 5.18. The Hall–Kier alpha value is -2.18. The summed E-state index contributed by atoms with van der Waals surface area (Å²) >= 11 is 0. The van der Waals surface area contributed by atoms with Gasteiger partial charge in [0.05, 0.1) is 16.9 Å². The highest BCUT2D eigenvalue weighted by molar-refractivity contribution is 7.89. The van der Waals surface area contributed by atoms with E-state index >= 15 is 0 Å². The van der Waals surface area contributed by atoms with Gasteiger partial charge < -0.3 is 5.73 Å². The number of hydrogen-bond acceptors (Lipinski definition) is 3. The summed E-state index contributed by atoms with van der Waals surface area (Å²) in [5.74, 6) is -1.25. The van der Waals surface area contributed by atoms with Gasteiger partial charge in [-0.2, -0.15) is 0 Å². The van der Waals surface area contributed by atoms with Crippen LogP contribution in [0.5, 0.6) is 0 Å². The standard InChI is InChI=1S/C17H20N2O3S/c1-12-8-10-15(11-9-12)23(21,22)19-16(13(2)17(18)20)14-6-4-3-5-7-14/h3-11,13,16,19H,1-2H3,(H2,18,20)/t13-,16+/m1/s1. The van der Waals surface area contributed by atoms with Gasteiger partial charge >= 0.3 is 0 Å². The fraction of sp³-hybridized carbons (Fsp3) is 0.235. The first-order chi connectivity index (χ1) is 10.8. The van der Waals surface area contributed by atoms with Crippen LogP contribution in [-0.4, -0.2) is 14.3 Å². The Kier molecular flexibility index (Phi) is 5.18. The number of amides is 1. The summed E-state index contributed by atoms with van der Waals surface area (Å²) < 4.78 is 27.8. The molecule has 0 aliphatic carbocycles. The third kappa shape index (κ3) is 4.18. The molecule has 23 heavy (non-hydrogen) atoms. The number of nitrogens with one attached hydrogen (secondary N) is 1. The highest BCUT2D eigenvalue weighted by atomic mass is 32.2. The van der Waals surface area contributed by atoms with Gasteiger partial charge in [-0.3, -0.25) is 4.79 Å². The monoisotopic (exact) mass is 332 g/mol. The third-order valence-electron chi connectivity index (χ3n) is 3.72. The van der Waals surface area contributed by atoms with Crippen molar-refractivity contribution in [2.45, 2.75) is 24.8 Å². The number of aryl methyl sites for hydroxylation is 1. The lowest BCUT2D eigenvalue weighted by Gasteiger charge is -2.23. The lowest BCUT2D eigenvalue weighted by molar-refractivity contribution is -0.122. The van der Waals surface area contributed by atoms with Gasteiger partial charge in [0, 0.05) is 0 Å². The zero-order chi connectivity index (χ0) is 17.0. The van der Waals surface area contributed by atoms with Crippen molar-refractivity contribution in [1.82, 2.24) is 4.72 Å². The molecule has 0 radical (unpaired) electrons. The summed E-state index contributed by atoms with van der Waals surface area (Å²) in [6.45, 7) is 3.49. The van der Waals surface area contributed by atoms with Gasteiger partial charge in [-0.15, -0.1) is 0 Å². The molecule has 2 atom stereocenters. The molecule has 122 valence electrons. The molecule has 0 saturated heterocycles. The van der Waals surface area contributed by atoms with E-state index in [0.717, 1.165) is 5.56 Å². The SMILES string of the molecule is Cc1ccc(S(=O)(=O)N[C@H](c2ccccc2)[C@@H](C)C(N)=O)cc1. The summed E-state index contributed by atoms with van der Waals surface area (Å²) in [6.07, 6.45) is 0. The molecule has 0 saturated carbocycles. The molecule has 0 fully saturated rings. The molecule has 6 heteroatoms. The average molecular weight is 332 g/mol. The van der Waals surface area contributed by atoms with Crippen molar-refractivity contribution in [2.24, 2.45) is 11.7 Å². The maximum absolute atomic E-state index is 12.6. The fourth-order valence-electron chi connectivity index (χ4n) is 2.24. The second-order valence-electron chi connectivity index (χ2n) is 5.51. The molecular formula is C17H20N2O3S. The molecular weight excluding hydrogens is 312 g/mol. The number of rotatable bonds is 6. The van der Waals surface area contributed by atoms with Crippen molar-refractivity contribution in [1.29, 1.82) is 0 Å². The molecule has 0 spiro atoms. The number of nitrogens with two attached hydrogens (primary N) is 1. The molecule has 0 aliphatic rings. The Labute approximate surface area is 136 Å². The quantitative estimate of drug-likeness (QED) is 0.849. The predicted molar refractivity (Wildman–Crippen MR) is 89.0 cm³/mol. The molecule has 3 N–H and O–H groups in total. The van der Waals surface area contributed by atoms with Gasteiger partial charge in [-0.1, -0.05) is 55.0 Å². The Morgan fingerprint density at radius 2 is 1.61 bits per heavy atom. The number of carbonyl (C=O) groups excluding carboxylic acids is 1. The van der Waals surface area contributed by atoms with Crippen LogP contribution >= 0.6 is 0 Å². The van der Waals surface area contributed by atoms with Crippen LogP contribution in [-0.2, 0) is 14.8 Å². The summed E-state index contributed by atoms with van der Waals surface area (Å²) in [4.78, 5) is 11.7. The van der Waals surface area contributed by atoms with E-state index in [0.29, 0.717) is 5.56 Å². The Morgan fingerprint density at radius 3 is 2.13 bits per heavy atom. The summed E-state index contributed by atoms with van der Waals surface area (Å²) in [6, 6.07) is 14.7. The van der Waals surface area contributed by atoms with Crippen LogP contribution in [0.25, 0.3) is 0 Å². The topological polar surface area (TPSA) is 89.3 Å². The first kappa shape index (κ1) is 17.2. The second kappa shape index (κ2) is 6.93. The van der Waals surface area contributed by atoms with Crippen LogP contribution in [0, 0.1) is 12.8 Å². The van der Waals surface area contributed by atoms with Crippen molar-refractivity contribution in [3.63, 3.8) is 0 Å². The van der Waals surface area contributed by atoms with Crippen LogP contribution in [0.4, 0.5) is 0 Å². The van der Waals surface area contributed by atoms with Crippen LogP contribution < -0.4 is 10.5 Å². The first-order valence-electron chi connectivity index (χ1n) is 7.24. The highest BCUT2D eigenvalue weighted by Crippen LogP contribution is 2.24. The molecule has 2 aromatic rings. The number of primary amides is 1. The molecule has 2 rings (SSSR count). The van der Waals surface area contributed by atoms with Crippen molar-refractivity contribution < 1.29 is 13.2 Å². The summed E-state index contributed by atoms with van der Waals surface area (Å²) in [5, 5.41) is 0.